The largest absolute Gasteiger partial charge is 0.387 e. The Kier molecular flexibility index (Phi) is 4.48. The van der Waals surface area contributed by atoms with Crippen molar-refractivity contribution in [3.05, 3.63) is 29.3 Å². The van der Waals surface area contributed by atoms with E-state index in [0.29, 0.717) is 0 Å². The van der Waals surface area contributed by atoms with E-state index in [1.54, 1.807) is 25.1 Å². The van der Waals surface area contributed by atoms with Crippen LogP contribution in [0.25, 0.3) is 0 Å². The molecule has 0 aliphatic carbocycles. The monoisotopic (exact) mass is 269 g/mol. The Morgan fingerprint density at radius 3 is 2.39 bits per heavy atom. The maximum atomic E-state index is 12.3. The van der Waals surface area contributed by atoms with Gasteiger partial charge in [0, 0.05) is 6.54 Å². The van der Waals surface area contributed by atoms with Crippen LogP contribution in [0, 0.1) is 19.3 Å². The first-order valence-corrected chi connectivity index (χ1v) is 7.13. The van der Waals surface area contributed by atoms with Crippen LogP contribution in [0.5, 0.6) is 0 Å². The van der Waals surface area contributed by atoms with Crippen molar-refractivity contribution in [1.82, 2.24) is 4.31 Å². The van der Waals surface area contributed by atoms with Gasteiger partial charge in [0.2, 0.25) is 10.0 Å². The van der Waals surface area contributed by atoms with Crippen LogP contribution in [-0.2, 0) is 10.0 Å². The van der Waals surface area contributed by atoms with Gasteiger partial charge < -0.3 is 5.73 Å². The second-order valence-electron chi connectivity index (χ2n) is 4.20. The second kappa shape index (κ2) is 5.49. The number of amidine groups is 1. The van der Waals surface area contributed by atoms with E-state index in [1.165, 1.54) is 4.31 Å². The maximum Gasteiger partial charge on any atom is 0.243 e. The van der Waals surface area contributed by atoms with Gasteiger partial charge in [-0.25, -0.2) is 8.42 Å². The smallest absolute Gasteiger partial charge is 0.243 e. The minimum atomic E-state index is -3.57. The van der Waals surface area contributed by atoms with Crippen molar-refractivity contribution in [2.45, 2.75) is 25.7 Å². The Hall–Kier alpha value is -1.40. The Morgan fingerprint density at radius 1 is 1.33 bits per heavy atom. The van der Waals surface area contributed by atoms with Crippen LogP contribution in [0.1, 0.15) is 18.1 Å². The number of nitrogens with zero attached hydrogens (tertiary/aromatic N) is 1. The highest BCUT2D eigenvalue weighted by Gasteiger charge is 2.23. The molecule has 5 nitrogen and oxygen atoms in total. The molecule has 0 heterocycles. The number of benzene rings is 1. The predicted octanol–water partition coefficient (Wildman–Crippen LogP) is 1.25. The van der Waals surface area contributed by atoms with Crippen LogP contribution in [0.15, 0.2) is 23.1 Å². The fraction of sp³-hybridized carbons (Fsp3) is 0.417. The number of sulfonamides is 1. The fourth-order valence-electron chi connectivity index (χ4n) is 1.58. The third-order valence-electron chi connectivity index (χ3n) is 2.82. The highest BCUT2D eigenvalue weighted by atomic mass is 32.2. The third kappa shape index (κ3) is 3.08. The molecule has 1 aromatic rings. The summed E-state index contributed by atoms with van der Waals surface area (Å²) in [5, 5.41) is 7.22. The lowest BCUT2D eigenvalue weighted by molar-refractivity contribution is 0.466. The third-order valence-corrected chi connectivity index (χ3v) is 4.73. The molecular weight excluding hydrogens is 250 g/mol. The molecule has 0 aliphatic heterocycles. The molecule has 0 amide bonds. The van der Waals surface area contributed by atoms with Gasteiger partial charge in [0.15, 0.2) is 0 Å². The number of hydrogen-bond donors (Lipinski definition) is 2. The van der Waals surface area contributed by atoms with Crippen molar-refractivity contribution in [1.29, 1.82) is 5.41 Å². The average molecular weight is 269 g/mol. The molecule has 1 rings (SSSR count). The summed E-state index contributed by atoms with van der Waals surface area (Å²) in [6.45, 7) is 5.73. The standard InChI is InChI=1S/C12H19N3O2S/c1-4-15(8-12(13)14)18(16,17)11-6-5-9(2)10(3)7-11/h5-7H,4,8H2,1-3H3,(H3,13,14). The summed E-state index contributed by atoms with van der Waals surface area (Å²) < 4.78 is 25.9. The van der Waals surface area contributed by atoms with E-state index in [9.17, 15) is 8.42 Å². The van der Waals surface area contributed by atoms with Crippen molar-refractivity contribution in [3.8, 4) is 0 Å². The average Bonchev–Trinajstić information content (AvgIpc) is 2.28. The van der Waals surface area contributed by atoms with Crippen LogP contribution in [-0.4, -0.2) is 31.6 Å². The zero-order valence-electron chi connectivity index (χ0n) is 10.9. The molecule has 0 aliphatic rings. The molecule has 0 saturated heterocycles. The summed E-state index contributed by atoms with van der Waals surface area (Å²) >= 11 is 0. The quantitative estimate of drug-likeness (QED) is 0.623. The van der Waals surface area contributed by atoms with Gasteiger partial charge in [-0.05, 0) is 37.1 Å². The van der Waals surface area contributed by atoms with E-state index in [-0.39, 0.29) is 23.8 Å². The first kappa shape index (κ1) is 14.7. The zero-order chi connectivity index (χ0) is 13.9. The molecular formula is C12H19N3O2S. The van der Waals surface area contributed by atoms with E-state index < -0.39 is 10.0 Å². The number of rotatable bonds is 5. The van der Waals surface area contributed by atoms with Gasteiger partial charge in [-0.15, -0.1) is 0 Å². The Balaban J connectivity index is 3.18. The number of nitrogens with two attached hydrogens (primary N) is 1. The normalized spacial score (nSPS) is 11.8. The van der Waals surface area contributed by atoms with E-state index >= 15 is 0 Å². The molecule has 100 valence electrons. The van der Waals surface area contributed by atoms with Crippen molar-refractivity contribution >= 4 is 15.9 Å². The number of aryl methyl sites for hydroxylation is 2. The minimum Gasteiger partial charge on any atom is -0.387 e. The molecule has 0 saturated carbocycles. The van der Waals surface area contributed by atoms with Gasteiger partial charge in [0.25, 0.3) is 0 Å². The topological polar surface area (TPSA) is 87.2 Å². The molecule has 0 aromatic heterocycles. The Bertz CT molecular complexity index is 552. The van der Waals surface area contributed by atoms with Gasteiger partial charge in [-0.3, -0.25) is 5.41 Å². The first-order chi connectivity index (χ1) is 8.28. The summed E-state index contributed by atoms with van der Waals surface area (Å²) in [7, 11) is -3.57. The van der Waals surface area contributed by atoms with Gasteiger partial charge in [0.1, 0.15) is 5.84 Å². The lowest BCUT2D eigenvalue weighted by Gasteiger charge is -2.20. The van der Waals surface area contributed by atoms with Crippen LogP contribution in [0.4, 0.5) is 0 Å². The molecule has 0 fully saturated rings. The van der Waals surface area contributed by atoms with Crippen molar-refractivity contribution in [2.75, 3.05) is 13.1 Å². The maximum absolute atomic E-state index is 12.3. The van der Waals surface area contributed by atoms with Crippen molar-refractivity contribution < 1.29 is 8.42 Å². The second-order valence-corrected chi connectivity index (χ2v) is 6.14. The molecule has 0 spiro atoms. The summed E-state index contributed by atoms with van der Waals surface area (Å²) in [6.07, 6.45) is 0. The summed E-state index contributed by atoms with van der Waals surface area (Å²) in [4.78, 5) is 0.244. The summed E-state index contributed by atoms with van der Waals surface area (Å²) in [5.41, 5.74) is 7.25. The van der Waals surface area contributed by atoms with Gasteiger partial charge in [-0.1, -0.05) is 13.0 Å². The van der Waals surface area contributed by atoms with E-state index in [0.717, 1.165) is 11.1 Å². The molecule has 0 unspecified atom stereocenters. The van der Waals surface area contributed by atoms with Crippen LogP contribution >= 0.6 is 0 Å². The molecule has 0 radical (unpaired) electrons. The van der Waals surface area contributed by atoms with E-state index in [1.807, 2.05) is 13.8 Å². The van der Waals surface area contributed by atoms with E-state index in [4.69, 9.17) is 11.1 Å². The molecule has 0 bridgehead atoms. The highest BCUT2D eigenvalue weighted by Crippen LogP contribution is 2.18. The number of likely N-dealkylation sites (N-methyl/N-ethyl adjacent to an activating group) is 1. The predicted molar refractivity (Wildman–Crippen MR) is 72.3 cm³/mol. The Morgan fingerprint density at radius 2 is 1.94 bits per heavy atom. The molecule has 3 N–H and O–H groups in total. The number of nitrogens with one attached hydrogen (secondary N) is 1. The SMILES string of the molecule is CCN(CC(=N)N)S(=O)(=O)c1ccc(C)c(C)c1. The molecule has 0 atom stereocenters. The van der Waals surface area contributed by atoms with Gasteiger partial charge in [-0.2, -0.15) is 4.31 Å². The first-order valence-electron chi connectivity index (χ1n) is 5.69. The minimum absolute atomic E-state index is 0.0776. The van der Waals surface area contributed by atoms with E-state index in [2.05, 4.69) is 0 Å². The lowest BCUT2D eigenvalue weighted by atomic mass is 10.1. The van der Waals surface area contributed by atoms with Gasteiger partial charge in [0.05, 0.1) is 11.4 Å². The highest BCUT2D eigenvalue weighted by molar-refractivity contribution is 7.89. The van der Waals surface area contributed by atoms with Crippen LogP contribution in [0.2, 0.25) is 0 Å². The lowest BCUT2D eigenvalue weighted by Crippen LogP contribution is -2.37. The summed E-state index contributed by atoms with van der Waals surface area (Å²) in [5.74, 6) is -0.163. The van der Waals surface area contributed by atoms with Crippen molar-refractivity contribution in [2.24, 2.45) is 5.73 Å². The fourth-order valence-corrected chi connectivity index (χ4v) is 3.09. The van der Waals surface area contributed by atoms with Gasteiger partial charge >= 0.3 is 0 Å². The van der Waals surface area contributed by atoms with Crippen LogP contribution < -0.4 is 5.73 Å². The number of hydrogen-bond acceptors (Lipinski definition) is 3. The molecule has 6 heteroatoms. The van der Waals surface area contributed by atoms with Crippen LogP contribution in [0.3, 0.4) is 0 Å². The molecule has 1 aromatic carbocycles. The summed E-state index contributed by atoms with van der Waals surface area (Å²) in [6, 6.07) is 5.01. The Labute approximate surface area is 108 Å². The van der Waals surface area contributed by atoms with Crippen molar-refractivity contribution in [3.63, 3.8) is 0 Å². The zero-order valence-corrected chi connectivity index (χ0v) is 11.7. The molecule has 18 heavy (non-hydrogen) atoms.